The highest BCUT2D eigenvalue weighted by atomic mass is 32.1. The van der Waals surface area contributed by atoms with Gasteiger partial charge in [-0.1, -0.05) is 17.7 Å². The second kappa shape index (κ2) is 5.89. The van der Waals surface area contributed by atoms with Crippen LogP contribution in [-0.4, -0.2) is 12.4 Å². The zero-order valence-electron chi connectivity index (χ0n) is 11.3. The lowest BCUT2D eigenvalue weighted by Gasteiger charge is -2.25. The molecule has 0 aliphatic heterocycles. The fourth-order valence-corrected chi connectivity index (χ4v) is 2.82. The summed E-state index contributed by atoms with van der Waals surface area (Å²) in [4.78, 5) is 3.57. The van der Waals surface area contributed by atoms with Crippen molar-refractivity contribution in [1.82, 2.24) is 0 Å². The minimum atomic E-state index is 0.128. The second-order valence-corrected chi connectivity index (χ2v) is 5.56. The van der Waals surface area contributed by atoms with Crippen LogP contribution in [0.25, 0.3) is 0 Å². The van der Waals surface area contributed by atoms with Gasteiger partial charge in [0.05, 0.1) is 6.54 Å². The van der Waals surface area contributed by atoms with Gasteiger partial charge in [-0.3, -0.25) is 5.41 Å². The largest absolute Gasteiger partial charge is 0.384 e. The van der Waals surface area contributed by atoms with E-state index in [4.69, 9.17) is 11.1 Å². The number of hydrogen-bond acceptors (Lipinski definition) is 3. The molecule has 1 heterocycles. The third-order valence-electron chi connectivity index (χ3n) is 3.09. The number of nitrogens with zero attached hydrogens (tertiary/aromatic N) is 1. The highest BCUT2D eigenvalue weighted by Gasteiger charge is 2.12. The van der Waals surface area contributed by atoms with Crippen molar-refractivity contribution >= 4 is 22.9 Å². The number of nitrogens with one attached hydrogen (secondary N) is 1. The Balaban J connectivity index is 2.35. The first-order chi connectivity index (χ1) is 9.11. The van der Waals surface area contributed by atoms with E-state index in [1.54, 1.807) is 11.3 Å². The quantitative estimate of drug-likeness (QED) is 0.648. The van der Waals surface area contributed by atoms with Crippen LogP contribution in [0.5, 0.6) is 0 Å². The number of nitrogens with two attached hydrogens (primary N) is 1. The van der Waals surface area contributed by atoms with E-state index in [0.717, 1.165) is 29.9 Å². The maximum Gasteiger partial charge on any atom is 0.124 e. The first-order valence-electron chi connectivity index (χ1n) is 6.34. The summed E-state index contributed by atoms with van der Waals surface area (Å²) in [7, 11) is 0. The Morgan fingerprint density at radius 1 is 1.37 bits per heavy atom. The van der Waals surface area contributed by atoms with Gasteiger partial charge in [-0.2, -0.15) is 0 Å². The topological polar surface area (TPSA) is 53.1 Å². The molecule has 100 valence electrons. The van der Waals surface area contributed by atoms with Crippen molar-refractivity contribution in [2.75, 3.05) is 11.4 Å². The summed E-state index contributed by atoms with van der Waals surface area (Å²) in [6.07, 6.45) is 0. The average molecular weight is 273 g/mol. The highest BCUT2D eigenvalue weighted by molar-refractivity contribution is 7.09. The number of rotatable bonds is 5. The number of anilines is 1. The standard InChI is InChI=1S/C15H19N3S/c1-3-18(10-12-5-4-8-19-12)14-7-6-11(2)9-13(14)15(16)17/h4-9H,3,10H2,1-2H3,(H3,16,17). The van der Waals surface area contributed by atoms with Crippen molar-refractivity contribution in [3.63, 3.8) is 0 Å². The molecule has 1 aromatic carbocycles. The Bertz CT molecular complexity index is 561. The Hall–Kier alpha value is -1.81. The summed E-state index contributed by atoms with van der Waals surface area (Å²) in [6.45, 7) is 5.89. The predicted octanol–water partition coefficient (Wildman–Crippen LogP) is 3.37. The van der Waals surface area contributed by atoms with Crippen LogP contribution >= 0.6 is 11.3 Å². The molecule has 3 nitrogen and oxygen atoms in total. The van der Waals surface area contributed by atoms with Crippen molar-refractivity contribution < 1.29 is 0 Å². The fourth-order valence-electron chi connectivity index (χ4n) is 2.10. The molecule has 0 fully saturated rings. The number of benzene rings is 1. The second-order valence-electron chi connectivity index (χ2n) is 4.53. The van der Waals surface area contributed by atoms with Gasteiger partial charge in [0.15, 0.2) is 0 Å². The average Bonchev–Trinajstić information content (AvgIpc) is 2.89. The Morgan fingerprint density at radius 2 is 2.16 bits per heavy atom. The van der Waals surface area contributed by atoms with E-state index in [9.17, 15) is 0 Å². The minimum Gasteiger partial charge on any atom is -0.384 e. The first-order valence-corrected chi connectivity index (χ1v) is 7.22. The molecule has 0 spiro atoms. The van der Waals surface area contributed by atoms with Gasteiger partial charge >= 0.3 is 0 Å². The van der Waals surface area contributed by atoms with E-state index in [1.165, 1.54) is 4.88 Å². The van der Waals surface area contributed by atoms with Gasteiger partial charge < -0.3 is 10.6 Å². The molecule has 0 radical (unpaired) electrons. The van der Waals surface area contributed by atoms with Crippen molar-refractivity contribution in [2.45, 2.75) is 20.4 Å². The molecule has 1 aromatic heterocycles. The molecule has 0 aliphatic carbocycles. The van der Waals surface area contributed by atoms with Gasteiger partial charge in [0, 0.05) is 22.7 Å². The zero-order valence-corrected chi connectivity index (χ0v) is 12.1. The molecule has 2 rings (SSSR count). The normalized spacial score (nSPS) is 10.4. The summed E-state index contributed by atoms with van der Waals surface area (Å²) in [6, 6.07) is 10.3. The molecule has 0 atom stereocenters. The van der Waals surface area contributed by atoms with Crippen LogP contribution in [0.2, 0.25) is 0 Å². The van der Waals surface area contributed by atoms with Crippen LogP contribution < -0.4 is 10.6 Å². The van der Waals surface area contributed by atoms with Gasteiger partial charge in [0.25, 0.3) is 0 Å². The van der Waals surface area contributed by atoms with E-state index >= 15 is 0 Å². The lowest BCUT2D eigenvalue weighted by molar-refractivity contribution is 0.841. The maximum absolute atomic E-state index is 7.74. The Kier molecular flexibility index (Phi) is 4.22. The molecule has 3 N–H and O–H groups in total. The molecule has 0 aliphatic rings. The van der Waals surface area contributed by atoms with Crippen molar-refractivity contribution in [3.8, 4) is 0 Å². The summed E-state index contributed by atoms with van der Waals surface area (Å²) < 4.78 is 0. The number of aryl methyl sites for hydroxylation is 1. The van der Waals surface area contributed by atoms with E-state index in [-0.39, 0.29) is 5.84 Å². The molecule has 4 heteroatoms. The van der Waals surface area contributed by atoms with E-state index in [2.05, 4.69) is 41.5 Å². The third kappa shape index (κ3) is 3.15. The van der Waals surface area contributed by atoms with Crippen molar-refractivity contribution in [1.29, 1.82) is 5.41 Å². The molecule has 19 heavy (non-hydrogen) atoms. The van der Waals surface area contributed by atoms with Gasteiger partial charge in [-0.25, -0.2) is 0 Å². The Labute approximate surface area is 118 Å². The van der Waals surface area contributed by atoms with Crippen LogP contribution in [0, 0.1) is 12.3 Å². The molecule has 0 unspecified atom stereocenters. The lowest BCUT2D eigenvalue weighted by atomic mass is 10.1. The summed E-state index contributed by atoms with van der Waals surface area (Å²) in [5.74, 6) is 0.128. The van der Waals surface area contributed by atoms with Crippen LogP contribution in [0.4, 0.5) is 5.69 Å². The van der Waals surface area contributed by atoms with Gasteiger partial charge in [-0.05, 0) is 37.4 Å². The molecular weight excluding hydrogens is 254 g/mol. The molecule has 0 amide bonds. The van der Waals surface area contributed by atoms with Gasteiger partial charge in [-0.15, -0.1) is 11.3 Å². The highest BCUT2D eigenvalue weighted by Crippen LogP contribution is 2.24. The first kappa shape index (κ1) is 13.6. The molecule has 0 bridgehead atoms. The van der Waals surface area contributed by atoms with Crippen LogP contribution in [0.3, 0.4) is 0 Å². The Morgan fingerprint density at radius 3 is 2.74 bits per heavy atom. The fraction of sp³-hybridized carbons (Fsp3) is 0.267. The minimum absolute atomic E-state index is 0.128. The monoisotopic (exact) mass is 273 g/mol. The van der Waals surface area contributed by atoms with Crippen molar-refractivity contribution in [3.05, 3.63) is 51.7 Å². The van der Waals surface area contributed by atoms with E-state index in [1.807, 2.05) is 13.0 Å². The van der Waals surface area contributed by atoms with E-state index < -0.39 is 0 Å². The SMILES string of the molecule is CCN(Cc1cccs1)c1ccc(C)cc1C(=N)N. The smallest absolute Gasteiger partial charge is 0.124 e. The number of hydrogen-bond donors (Lipinski definition) is 2. The van der Waals surface area contributed by atoms with Gasteiger partial charge in [0.2, 0.25) is 0 Å². The van der Waals surface area contributed by atoms with Crippen LogP contribution in [0.15, 0.2) is 35.7 Å². The van der Waals surface area contributed by atoms with Crippen LogP contribution in [-0.2, 0) is 6.54 Å². The van der Waals surface area contributed by atoms with Gasteiger partial charge in [0.1, 0.15) is 5.84 Å². The molecule has 2 aromatic rings. The zero-order chi connectivity index (χ0) is 13.8. The number of amidine groups is 1. The maximum atomic E-state index is 7.74. The third-order valence-corrected chi connectivity index (χ3v) is 3.95. The lowest BCUT2D eigenvalue weighted by Crippen LogP contribution is -2.25. The molecule has 0 saturated carbocycles. The van der Waals surface area contributed by atoms with Crippen LogP contribution in [0.1, 0.15) is 22.9 Å². The summed E-state index contributed by atoms with van der Waals surface area (Å²) in [5, 5.41) is 9.83. The molecular formula is C15H19N3S. The van der Waals surface area contributed by atoms with Crippen molar-refractivity contribution in [2.24, 2.45) is 5.73 Å². The van der Waals surface area contributed by atoms with E-state index in [0.29, 0.717) is 0 Å². The number of nitrogen functional groups attached to an aromatic ring is 1. The summed E-state index contributed by atoms with van der Waals surface area (Å²) >= 11 is 1.75. The molecule has 0 saturated heterocycles. The predicted molar refractivity (Wildman–Crippen MR) is 83.2 cm³/mol. The number of thiophene rings is 1. The summed E-state index contributed by atoms with van der Waals surface area (Å²) in [5.41, 5.74) is 8.69.